The van der Waals surface area contributed by atoms with Crippen molar-refractivity contribution >= 4 is 33.4 Å². The van der Waals surface area contributed by atoms with Gasteiger partial charge in [-0.15, -0.1) is 11.3 Å². The summed E-state index contributed by atoms with van der Waals surface area (Å²) < 4.78 is 12.3. The zero-order valence-corrected chi connectivity index (χ0v) is 19.8. The monoisotopic (exact) mass is 473 g/mol. The second-order valence-electron chi connectivity index (χ2n) is 7.87. The van der Waals surface area contributed by atoms with E-state index in [1.807, 2.05) is 37.6 Å². The molecule has 8 nitrogen and oxygen atoms in total. The second kappa shape index (κ2) is 9.20. The Bertz CT molecular complexity index is 1450. The van der Waals surface area contributed by atoms with E-state index in [0.29, 0.717) is 39.8 Å². The van der Waals surface area contributed by atoms with Crippen LogP contribution >= 0.6 is 11.3 Å². The minimum atomic E-state index is -0.271. The third-order valence-electron chi connectivity index (χ3n) is 5.56. The van der Waals surface area contributed by atoms with Crippen LogP contribution in [0.2, 0.25) is 0 Å². The van der Waals surface area contributed by atoms with Gasteiger partial charge < -0.3 is 9.15 Å². The number of aromatic nitrogens is 4. The predicted molar refractivity (Wildman–Crippen MR) is 132 cm³/mol. The average Bonchev–Trinajstić information content (AvgIpc) is 3.59. The molecular weight excluding hydrogens is 450 g/mol. The van der Waals surface area contributed by atoms with Crippen molar-refractivity contribution in [1.82, 2.24) is 19.7 Å². The molecular formula is C25H23N5O3S. The lowest BCUT2D eigenvalue weighted by Gasteiger charge is -2.07. The molecule has 1 N–H and O–H groups in total. The van der Waals surface area contributed by atoms with Gasteiger partial charge in [-0.2, -0.15) is 5.10 Å². The van der Waals surface area contributed by atoms with Crippen molar-refractivity contribution in [3.63, 3.8) is 0 Å². The maximum absolute atomic E-state index is 13.4. The van der Waals surface area contributed by atoms with Crippen LogP contribution in [0.15, 0.2) is 58.5 Å². The zero-order chi connectivity index (χ0) is 23.7. The van der Waals surface area contributed by atoms with Crippen LogP contribution in [0, 0.1) is 6.92 Å². The van der Waals surface area contributed by atoms with E-state index >= 15 is 0 Å². The quantitative estimate of drug-likeness (QED) is 0.353. The number of furan rings is 1. The molecule has 5 rings (SSSR count). The number of carbonyl (C=O) groups is 1. The number of rotatable bonds is 7. The van der Waals surface area contributed by atoms with Gasteiger partial charge in [0.25, 0.3) is 5.91 Å². The number of pyridine rings is 1. The Morgan fingerprint density at radius 1 is 1.18 bits per heavy atom. The third kappa shape index (κ3) is 4.23. The summed E-state index contributed by atoms with van der Waals surface area (Å²) in [6.45, 7) is 2.55. The van der Waals surface area contributed by atoms with E-state index in [1.165, 1.54) is 16.9 Å². The first-order valence-electron chi connectivity index (χ1n) is 10.8. The summed E-state index contributed by atoms with van der Waals surface area (Å²) in [6, 6.07) is 13.5. The van der Waals surface area contributed by atoms with E-state index in [-0.39, 0.29) is 5.91 Å². The van der Waals surface area contributed by atoms with Crippen molar-refractivity contribution < 1.29 is 13.9 Å². The average molecular weight is 474 g/mol. The SMILES string of the molecule is COCCc1ccc(-c2csc(NC(=O)c3cc(-c4ccco4)nc4c3c(C)nn4C)n2)cc1. The molecule has 0 saturated heterocycles. The van der Waals surface area contributed by atoms with Crippen LogP contribution in [0.25, 0.3) is 33.7 Å². The van der Waals surface area contributed by atoms with Gasteiger partial charge in [0.05, 0.1) is 35.2 Å². The van der Waals surface area contributed by atoms with Crippen molar-refractivity contribution in [2.24, 2.45) is 7.05 Å². The number of nitrogens with zero attached hydrogens (tertiary/aromatic N) is 4. The maximum atomic E-state index is 13.4. The van der Waals surface area contributed by atoms with E-state index in [9.17, 15) is 4.79 Å². The molecule has 9 heteroatoms. The Morgan fingerprint density at radius 2 is 2.00 bits per heavy atom. The normalized spacial score (nSPS) is 11.3. The van der Waals surface area contributed by atoms with Gasteiger partial charge in [0.15, 0.2) is 16.5 Å². The third-order valence-corrected chi connectivity index (χ3v) is 6.31. The Labute approximate surface area is 200 Å². The highest BCUT2D eigenvalue weighted by atomic mass is 32.1. The summed E-state index contributed by atoms with van der Waals surface area (Å²) >= 11 is 1.38. The number of aryl methyl sites for hydroxylation is 2. The summed E-state index contributed by atoms with van der Waals surface area (Å²) in [6.07, 6.45) is 2.44. The molecule has 1 amide bonds. The molecule has 0 aliphatic heterocycles. The Kier molecular flexibility index (Phi) is 5.95. The molecule has 0 spiro atoms. The number of hydrogen-bond donors (Lipinski definition) is 1. The molecule has 172 valence electrons. The van der Waals surface area contributed by atoms with Crippen LogP contribution in [-0.2, 0) is 18.2 Å². The molecule has 0 fully saturated rings. The first-order valence-corrected chi connectivity index (χ1v) is 11.6. The van der Waals surface area contributed by atoms with Crippen LogP contribution in [0.4, 0.5) is 5.13 Å². The van der Waals surface area contributed by atoms with Crippen LogP contribution < -0.4 is 5.32 Å². The van der Waals surface area contributed by atoms with Crippen molar-refractivity contribution in [1.29, 1.82) is 0 Å². The van der Waals surface area contributed by atoms with Crippen molar-refractivity contribution in [2.75, 3.05) is 19.0 Å². The number of hydrogen-bond acceptors (Lipinski definition) is 7. The molecule has 0 aliphatic carbocycles. The van der Waals surface area contributed by atoms with Crippen LogP contribution in [0.3, 0.4) is 0 Å². The van der Waals surface area contributed by atoms with Gasteiger partial charge in [0.1, 0.15) is 5.69 Å². The molecule has 1 aromatic carbocycles. The number of nitrogens with one attached hydrogen (secondary N) is 1. The highest BCUT2D eigenvalue weighted by Gasteiger charge is 2.21. The van der Waals surface area contributed by atoms with Crippen LogP contribution in [0.1, 0.15) is 21.6 Å². The second-order valence-corrected chi connectivity index (χ2v) is 8.73. The predicted octanol–water partition coefficient (Wildman–Crippen LogP) is 5.10. The Morgan fingerprint density at radius 3 is 2.74 bits per heavy atom. The molecule has 0 bridgehead atoms. The molecule has 5 aromatic rings. The van der Waals surface area contributed by atoms with Gasteiger partial charge in [-0.3, -0.25) is 14.8 Å². The molecule has 0 unspecified atom stereocenters. The van der Waals surface area contributed by atoms with Gasteiger partial charge in [-0.05, 0) is 37.1 Å². The molecule has 0 radical (unpaired) electrons. The summed E-state index contributed by atoms with van der Waals surface area (Å²) in [5, 5.41) is 10.6. The first kappa shape index (κ1) is 22.0. The fraction of sp³-hybridized carbons (Fsp3) is 0.200. The van der Waals surface area contributed by atoms with Crippen LogP contribution in [-0.4, -0.2) is 39.4 Å². The Hall–Kier alpha value is -3.82. The van der Waals surface area contributed by atoms with Crippen LogP contribution in [0.5, 0.6) is 0 Å². The molecule has 4 aromatic heterocycles. The molecule has 0 atom stereocenters. The lowest BCUT2D eigenvalue weighted by Crippen LogP contribution is -2.13. The van der Waals surface area contributed by atoms with E-state index in [0.717, 1.165) is 23.4 Å². The number of amides is 1. The minimum Gasteiger partial charge on any atom is -0.463 e. The smallest absolute Gasteiger partial charge is 0.258 e. The Balaban J connectivity index is 1.43. The van der Waals surface area contributed by atoms with Gasteiger partial charge in [-0.25, -0.2) is 9.97 Å². The standard InChI is InChI=1S/C25H23N5O3S/c1-15-22-18(13-19(21-5-4-11-33-21)26-23(22)30(2)29-15)24(31)28-25-27-20(14-34-25)17-8-6-16(7-9-17)10-12-32-3/h4-9,11,13-14H,10,12H2,1-3H3,(H,27,28,31). The lowest BCUT2D eigenvalue weighted by molar-refractivity contribution is 0.102. The number of ether oxygens (including phenoxy) is 1. The van der Waals surface area contributed by atoms with Gasteiger partial charge >= 0.3 is 0 Å². The van der Waals surface area contributed by atoms with Gasteiger partial charge in [-0.1, -0.05) is 24.3 Å². The number of anilines is 1. The van der Waals surface area contributed by atoms with Crippen molar-refractivity contribution in [3.8, 4) is 22.7 Å². The number of thiazole rings is 1. The van der Waals surface area contributed by atoms with E-state index in [2.05, 4.69) is 32.5 Å². The highest BCUT2D eigenvalue weighted by molar-refractivity contribution is 7.14. The van der Waals surface area contributed by atoms with E-state index in [4.69, 9.17) is 9.15 Å². The van der Waals surface area contributed by atoms with Crippen molar-refractivity contribution in [3.05, 3.63) is 70.9 Å². The molecule has 0 aliphatic rings. The maximum Gasteiger partial charge on any atom is 0.258 e. The summed E-state index contributed by atoms with van der Waals surface area (Å²) in [5.41, 5.74) is 5.40. The number of methoxy groups -OCH3 is 1. The fourth-order valence-electron chi connectivity index (χ4n) is 3.86. The van der Waals surface area contributed by atoms with Gasteiger partial charge in [0, 0.05) is 25.1 Å². The summed E-state index contributed by atoms with van der Waals surface area (Å²) in [4.78, 5) is 22.6. The first-order chi connectivity index (χ1) is 16.5. The minimum absolute atomic E-state index is 0.271. The van der Waals surface area contributed by atoms with E-state index < -0.39 is 0 Å². The zero-order valence-electron chi connectivity index (χ0n) is 19.0. The molecule has 34 heavy (non-hydrogen) atoms. The lowest BCUT2D eigenvalue weighted by atomic mass is 10.1. The summed E-state index contributed by atoms with van der Waals surface area (Å²) in [7, 11) is 3.51. The number of benzene rings is 1. The number of carbonyl (C=O) groups excluding carboxylic acids is 1. The highest BCUT2D eigenvalue weighted by Crippen LogP contribution is 2.29. The molecule has 4 heterocycles. The fourth-order valence-corrected chi connectivity index (χ4v) is 4.58. The summed E-state index contributed by atoms with van der Waals surface area (Å²) in [5.74, 6) is 0.312. The molecule has 0 saturated carbocycles. The number of fused-ring (bicyclic) bond motifs is 1. The van der Waals surface area contributed by atoms with Crippen molar-refractivity contribution in [2.45, 2.75) is 13.3 Å². The topological polar surface area (TPSA) is 95.1 Å². The largest absolute Gasteiger partial charge is 0.463 e. The van der Waals surface area contributed by atoms with Gasteiger partial charge in [0.2, 0.25) is 0 Å². The van der Waals surface area contributed by atoms with E-state index in [1.54, 1.807) is 30.2 Å².